The van der Waals surface area contributed by atoms with Gasteiger partial charge in [-0.1, -0.05) is 48.0 Å². The molecule has 33 heavy (non-hydrogen) atoms. The van der Waals surface area contributed by atoms with Gasteiger partial charge in [-0.25, -0.2) is 4.79 Å². The molecular formula is C26H38BrN3O3. The van der Waals surface area contributed by atoms with Crippen LogP contribution in [0.3, 0.4) is 0 Å². The Labute approximate surface area is 205 Å². The highest BCUT2D eigenvalue weighted by Gasteiger charge is 2.39. The number of carbonyl (C=O) groups excluding carboxylic acids is 1. The fourth-order valence-electron chi connectivity index (χ4n) is 5.93. The maximum atomic E-state index is 13.5. The molecule has 1 saturated carbocycles. The van der Waals surface area contributed by atoms with E-state index in [0.717, 1.165) is 35.0 Å². The standard InChI is InChI=1S/C26H38BrN3O3/c1-3-29-24-16-20(27)12-13-23(24)30(26(29)32)22-14-15-28(18-21(22)25(31)33-4-2)17-19-10-8-6-5-7-9-11-19/h12-13,16,19,21-22H,3-11,14-15,17-18H2,1-2H3. The van der Waals surface area contributed by atoms with E-state index in [0.29, 0.717) is 25.6 Å². The van der Waals surface area contributed by atoms with Crippen LogP contribution in [0.1, 0.15) is 71.3 Å². The quantitative estimate of drug-likeness (QED) is 0.481. The molecule has 0 amide bonds. The Balaban J connectivity index is 1.62. The lowest BCUT2D eigenvalue weighted by atomic mass is 9.88. The molecule has 0 bridgehead atoms. The van der Waals surface area contributed by atoms with Crippen LogP contribution in [0.2, 0.25) is 0 Å². The minimum absolute atomic E-state index is 0.0293. The summed E-state index contributed by atoms with van der Waals surface area (Å²) in [6.45, 7) is 7.45. The maximum Gasteiger partial charge on any atom is 0.329 e. The summed E-state index contributed by atoms with van der Waals surface area (Å²) < 4.78 is 10.1. The topological polar surface area (TPSA) is 56.5 Å². The lowest BCUT2D eigenvalue weighted by molar-refractivity contribution is -0.152. The number of aryl methyl sites for hydroxylation is 1. The molecule has 2 atom stereocenters. The van der Waals surface area contributed by atoms with Gasteiger partial charge in [0.25, 0.3) is 0 Å². The zero-order valence-electron chi connectivity index (χ0n) is 20.1. The van der Waals surface area contributed by atoms with Crippen molar-refractivity contribution in [3.63, 3.8) is 0 Å². The second kappa shape index (κ2) is 11.2. The van der Waals surface area contributed by atoms with Gasteiger partial charge in [-0.3, -0.25) is 13.9 Å². The van der Waals surface area contributed by atoms with Gasteiger partial charge in [0, 0.05) is 30.7 Å². The van der Waals surface area contributed by atoms with Crippen LogP contribution in [0.15, 0.2) is 27.5 Å². The lowest BCUT2D eigenvalue weighted by Crippen LogP contribution is -2.48. The molecule has 1 aromatic heterocycles. The summed E-state index contributed by atoms with van der Waals surface area (Å²) in [4.78, 5) is 29.1. The van der Waals surface area contributed by atoms with E-state index in [1.807, 2.05) is 41.2 Å². The highest BCUT2D eigenvalue weighted by atomic mass is 79.9. The monoisotopic (exact) mass is 519 g/mol. The Morgan fingerprint density at radius 1 is 1.06 bits per heavy atom. The number of halogens is 1. The van der Waals surface area contributed by atoms with E-state index in [1.165, 1.54) is 44.9 Å². The number of fused-ring (bicyclic) bond motifs is 1. The number of piperidine rings is 1. The maximum absolute atomic E-state index is 13.5. The third-order valence-corrected chi connectivity index (χ3v) is 8.06. The van der Waals surface area contributed by atoms with Gasteiger partial charge in [0.2, 0.25) is 0 Å². The third kappa shape index (κ3) is 5.40. The molecule has 0 spiro atoms. The number of aromatic nitrogens is 2. The Morgan fingerprint density at radius 3 is 2.48 bits per heavy atom. The Kier molecular flexibility index (Phi) is 8.34. The van der Waals surface area contributed by atoms with Gasteiger partial charge in [0.15, 0.2) is 0 Å². The van der Waals surface area contributed by atoms with Gasteiger partial charge in [0.1, 0.15) is 0 Å². The van der Waals surface area contributed by atoms with Crippen LogP contribution in [-0.4, -0.2) is 46.2 Å². The third-order valence-electron chi connectivity index (χ3n) is 7.56. The Hall–Kier alpha value is -1.60. The van der Waals surface area contributed by atoms with E-state index in [1.54, 1.807) is 0 Å². The summed E-state index contributed by atoms with van der Waals surface area (Å²) >= 11 is 3.54. The summed E-state index contributed by atoms with van der Waals surface area (Å²) in [6, 6.07) is 5.79. The van der Waals surface area contributed by atoms with Crippen molar-refractivity contribution in [3.8, 4) is 0 Å². The average molecular weight is 521 g/mol. The van der Waals surface area contributed by atoms with Crippen molar-refractivity contribution in [1.29, 1.82) is 0 Å². The van der Waals surface area contributed by atoms with Crippen molar-refractivity contribution in [1.82, 2.24) is 14.0 Å². The van der Waals surface area contributed by atoms with E-state index in [2.05, 4.69) is 20.8 Å². The van der Waals surface area contributed by atoms with Crippen LogP contribution in [0.5, 0.6) is 0 Å². The summed E-state index contributed by atoms with van der Waals surface area (Å²) in [5.74, 6) is 0.211. The van der Waals surface area contributed by atoms with Crippen molar-refractivity contribution >= 4 is 32.9 Å². The Bertz CT molecular complexity index is 1010. The molecule has 2 heterocycles. The summed E-state index contributed by atoms with van der Waals surface area (Å²) in [6.07, 6.45) is 10.1. The molecule has 0 N–H and O–H groups in total. The van der Waals surface area contributed by atoms with Gasteiger partial charge >= 0.3 is 11.7 Å². The number of ether oxygens (including phenoxy) is 1. The molecular weight excluding hydrogens is 482 g/mol. The molecule has 0 radical (unpaired) electrons. The molecule has 2 fully saturated rings. The van der Waals surface area contributed by atoms with Crippen molar-refractivity contribution in [2.24, 2.45) is 11.8 Å². The number of esters is 1. The van der Waals surface area contributed by atoms with E-state index in [4.69, 9.17) is 4.74 Å². The first-order valence-corrected chi connectivity index (χ1v) is 13.6. The molecule has 1 aromatic carbocycles. The molecule has 1 aliphatic heterocycles. The number of rotatable bonds is 6. The summed E-state index contributed by atoms with van der Waals surface area (Å²) in [5, 5.41) is 0. The second-order valence-electron chi connectivity index (χ2n) is 9.72. The van der Waals surface area contributed by atoms with E-state index in [-0.39, 0.29) is 23.6 Å². The fourth-order valence-corrected chi connectivity index (χ4v) is 6.28. The van der Waals surface area contributed by atoms with Crippen molar-refractivity contribution in [2.45, 2.75) is 77.8 Å². The predicted octanol–water partition coefficient (Wildman–Crippen LogP) is 5.37. The number of nitrogens with zero attached hydrogens (tertiary/aromatic N) is 3. The van der Waals surface area contributed by atoms with Gasteiger partial charge < -0.3 is 9.64 Å². The van der Waals surface area contributed by atoms with Crippen molar-refractivity contribution < 1.29 is 9.53 Å². The van der Waals surface area contributed by atoms with Crippen LogP contribution in [-0.2, 0) is 16.1 Å². The first-order valence-electron chi connectivity index (χ1n) is 12.8. The molecule has 182 valence electrons. The van der Waals surface area contributed by atoms with Gasteiger partial charge in [-0.05, 0) is 57.2 Å². The highest BCUT2D eigenvalue weighted by Crippen LogP contribution is 2.33. The number of imidazole rings is 1. The minimum atomic E-state index is -0.329. The van der Waals surface area contributed by atoms with Crippen molar-refractivity contribution in [3.05, 3.63) is 33.2 Å². The molecule has 6 nitrogen and oxygen atoms in total. The molecule has 1 aliphatic carbocycles. The van der Waals surface area contributed by atoms with Gasteiger partial charge in [-0.2, -0.15) is 0 Å². The smallest absolute Gasteiger partial charge is 0.329 e. The zero-order chi connectivity index (χ0) is 23.4. The van der Waals surface area contributed by atoms with Crippen LogP contribution >= 0.6 is 15.9 Å². The number of likely N-dealkylation sites (tertiary alicyclic amines) is 1. The van der Waals surface area contributed by atoms with Crippen LogP contribution < -0.4 is 5.69 Å². The molecule has 1 saturated heterocycles. The molecule has 2 aliphatic rings. The molecule has 4 rings (SSSR count). The number of hydrogen-bond acceptors (Lipinski definition) is 4. The number of hydrogen-bond donors (Lipinski definition) is 0. The van der Waals surface area contributed by atoms with Crippen LogP contribution in [0.25, 0.3) is 11.0 Å². The largest absolute Gasteiger partial charge is 0.466 e. The molecule has 2 aromatic rings. The number of benzene rings is 1. The fraction of sp³-hybridized carbons (Fsp3) is 0.692. The zero-order valence-corrected chi connectivity index (χ0v) is 21.7. The summed E-state index contributed by atoms with van der Waals surface area (Å²) in [5.41, 5.74) is 1.78. The second-order valence-corrected chi connectivity index (χ2v) is 10.6. The average Bonchev–Trinajstić information content (AvgIpc) is 3.05. The molecule has 2 unspecified atom stereocenters. The predicted molar refractivity (Wildman–Crippen MR) is 136 cm³/mol. The first kappa shape index (κ1) is 24.5. The highest BCUT2D eigenvalue weighted by molar-refractivity contribution is 9.10. The van der Waals surface area contributed by atoms with Crippen LogP contribution in [0, 0.1) is 11.8 Å². The van der Waals surface area contributed by atoms with Gasteiger partial charge in [-0.15, -0.1) is 0 Å². The van der Waals surface area contributed by atoms with Gasteiger partial charge in [0.05, 0.1) is 29.6 Å². The minimum Gasteiger partial charge on any atom is -0.466 e. The number of carbonyl (C=O) groups is 1. The lowest BCUT2D eigenvalue weighted by Gasteiger charge is -2.39. The molecule has 7 heteroatoms. The normalized spacial score (nSPS) is 23.4. The van der Waals surface area contributed by atoms with Crippen molar-refractivity contribution in [2.75, 3.05) is 26.2 Å². The van der Waals surface area contributed by atoms with Crippen LogP contribution in [0.4, 0.5) is 0 Å². The van der Waals surface area contributed by atoms with E-state index in [9.17, 15) is 9.59 Å². The Morgan fingerprint density at radius 2 is 1.79 bits per heavy atom. The van der Waals surface area contributed by atoms with E-state index < -0.39 is 0 Å². The SMILES string of the molecule is CCOC(=O)C1CN(CC2CCCCCCC2)CCC1n1c(=O)n(CC)c2cc(Br)ccc21. The summed E-state index contributed by atoms with van der Waals surface area (Å²) in [7, 11) is 0. The first-order chi connectivity index (χ1) is 16.0. The van der Waals surface area contributed by atoms with E-state index >= 15 is 0 Å².